The predicted molar refractivity (Wildman–Crippen MR) is 62.5 cm³/mol. The molecule has 0 radical (unpaired) electrons. The quantitative estimate of drug-likeness (QED) is 0.717. The monoisotopic (exact) mass is 254 g/mol. The Morgan fingerprint density at radius 1 is 1.57 bits per heavy atom. The van der Waals surface area contributed by atoms with Crippen molar-refractivity contribution in [1.29, 1.82) is 0 Å². The van der Waals surface area contributed by atoms with E-state index in [1.54, 1.807) is 0 Å². The third-order valence-corrected chi connectivity index (χ3v) is 3.17. The van der Waals surface area contributed by atoms with Crippen LogP contribution in [-0.2, 0) is 0 Å². The van der Waals surface area contributed by atoms with Crippen molar-refractivity contribution in [3.8, 4) is 0 Å². The van der Waals surface area contributed by atoms with Gasteiger partial charge in [-0.25, -0.2) is 4.98 Å². The Morgan fingerprint density at radius 3 is 3.14 bits per heavy atom. The molecular weight excluding hydrogens is 240 g/mol. The van der Waals surface area contributed by atoms with Crippen LogP contribution in [0.25, 0.3) is 0 Å². The third-order valence-electron chi connectivity index (χ3n) is 2.73. The van der Waals surface area contributed by atoms with Gasteiger partial charge in [-0.05, 0) is 46.8 Å². The average molecular weight is 255 g/mol. The van der Waals surface area contributed by atoms with Crippen LogP contribution in [0.3, 0.4) is 0 Å². The Labute approximate surface area is 93.5 Å². The molecule has 0 amide bonds. The van der Waals surface area contributed by atoms with Gasteiger partial charge >= 0.3 is 0 Å². The Balaban J connectivity index is 2.14. The molecule has 2 heterocycles. The number of anilines is 1. The first-order valence-electron chi connectivity index (χ1n) is 5.12. The summed E-state index contributed by atoms with van der Waals surface area (Å²) in [6.07, 6.45) is 4.53. The van der Waals surface area contributed by atoms with Crippen LogP contribution in [0.1, 0.15) is 19.8 Å². The summed E-state index contributed by atoms with van der Waals surface area (Å²) in [6, 6.07) is 4.18. The van der Waals surface area contributed by atoms with Crippen molar-refractivity contribution in [2.45, 2.75) is 19.8 Å². The first kappa shape index (κ1) is 9.97. The van der Waals surface area contributed by atoms with Gasteiger partial charge in [0.1, 0.15) is 4.60 Å². The summed E-state index contributed by atoms with van der Waals surface area (Å²) in [6.45, 7) is 4.68. The third kappa shape index (κ3) is 2.27. The Hall–Kier alpha value is -0.570. The number of nitrogens with zero attached hydrogens (tertiary/aromatic N) is 2. The molecule has 1 aliphatic rings. The van der Waals surface area contributed by atoms with Gasteiger partial charge in [-0.2, -0.15) is 0 Å². The first-order valence-corrected chi connectivity index (χ1v) is 5.91. The summed E-state index contributed by atoms with van der Waals surface area (Å²) in [5.41, 5.74) is 1.29. The van der Waals surface area contributed by atoms with E-state index in [2.05, 4.69) is 44.9 Å². The zero-order valence-electron chi connectivity index (χ0n) is 8.41. The molecule has 76 valence electrons. The van der Waals surface area contributed by atoms with Crippen molar-refractivity contribution in [1.82, 2.24) is 4.98 Å². The molecule has 1 atom stereocenters. The van der Waals surface area contributed by atoms with Gasteiger partial charge in [0.05, 0.1) is 0 Å². The highest BCUT2D eigenvalue weighted by Crippen LogP contribution is 2.23. The van der Waals surface area contributed by atoms with Crippen LogP contribution < -0.4 is 4.90 Å². The topological polar surface area (TPSA) is 16.1 Å². The van der Waals surface area contributed by atoms with Crippen molar-refractivity contribution in [2.24, 2.45) is 5.92 Å². The van der Waals surface area contributed by atoms with Crippen LogP contribution in [-0.4, -0.2) is 18.1 Å². The number of hydrogen-bond acceptors (Lipinski definition) is 2. The van der Waals surface area contributed by atoms with E-state index < -0.39 is 0 Å². The lowest BCUT2D eigenvalue weighted by molar-refractivity contribution is 0.447. The van der Waals surface area contributed by atoms with E-state index in [9.17, 15) is 0 Å². The molecule has 3 heteroatoms. The summed E-state index contributed by atoms with van der Waals surface area (Å²) >= 11 is 3.41. The molecule has 0 spiro atoms. The van der Waals surface area contributed by atoms with E-state index in [0.29, 0.717) is 0 Å². The second kappa shape index (κ2) is 4.30. The number of halogens is 1. The highest BCUT2D eigenvalue weighted by atomic mass is 79.9. The fourth-order valence-corrected chi connectivity index (χ4v) is 2.37. The summed E-state index contributed by atoms with van der Waals surface area (Å²) < 4.78 is 0.924. The van der Waals surface area contributed by atoms with Gasteiger partial charge < -0.3 is 4.90 Å². The fourth-order valence-electron chi connectivity index (χ4n) is 2.01. The normalized spacial score (nSPS) is 22.4. The molecule has 0 N–H and O–H groups in total. The standard InChI is InChI=1S/C11H15BrN2/c1-9-3-2-6-14(8-9)10-4-5-13-11(12)7-10/h4-5,7,9H,2-3,6,8H2,1H3/t9-/m1/s1. The second-order valence-corrected chi connectivity index (χ2v) is 4.84. The van der Waals surface area contributed by atoms with Gasteiger partial charge in [-0.1, -0.05) is 6.92 Å². The number of piperidine rings is 1. The average Bonchev–Trinajstić information content (AvgIpc) is 2.18. The molecule has 1 aliphatic heterocycles. The molecule has 1 saturated heterocycles. The van der Waals surface area contributed by atoms with Crippen LogP contribution in [0, 0.1) is 5.92 Å². The van der Waals surface area contributed by atoms with Gasteiger partial charge in [0.25, 0.3) is 0 Å². The van der Waals surface area contributed by atoms with Crippen LogP contribution in [0.15, 0.2) is 22.9 Å². The van der Waals surface area contributed by atoms with E-state index in [1.807, 2.05) is 6.20 Å². The van der Waals surface area contributed by atoms with Gasteiger partial charge in [-0.15, -0.1) is 0 Å². The number of rotatable bonds is 1. The number of aromatic nitrogens is 1. The molecule has 0 saturated carbocycles. The summed E-state index contributed by atoms with van der Waals surface area (Å²) in [4.78, 5) is 6.59. The van der Waals surface area contributed by atoms with Gasteiger partial charge in [-0.3, -0.25) is 0 Å². The lowest BCUT2D eigenvalue weighted by Gasteiger charge is -2.32. The van der Waals surface area contributed by atoms with Crippen molar-refractivity contribution in [2.75, 3.05) is 18.0 Å². The Kier molecular flexibility index (Phi) is 3.06. The minimum absolute atomic E-state index is 0.815. The second-order valence-electron chi connectivity index (χ2n) is 4.03. The van der Waals surface area contributed by atoms with Crippen LogP contribution in [0.2, 0.25) is 0 Å². The zero-order valence-corrected chi connectivity index (χ0v) is 10.00. The van der Waals surface area contributed by atoms with E-state index in [1.165, 1.54) is 31.6 Å². The minimum atomic E-state index is 0.815. The molecule has 14 heavy (non-hydrogen) atoms. The molecule has 0 aliphatic carbocycles. The summed E-state index contributed by atoms with van der Waals surface area (Å²) in [5, 5.41) is 0. The maximum absolute atomic E-state index is 4.14. The van der Waals surface area contributed by atoms with E-state index in [-0.39, 0.29) is 0 Å². The van der Waals surface area contributed by atoms with Crippen molar-refractivity contribution in [3.63, 3.8) is 0 Å². The van der Waals surface area contributed by atoms with Crippen molar-refractivity contribution < 1.29 is 0 Å². The Morgan fingerprint density at radius 2 is 2.43 bits per heavy atom. The van der Waals surface area contributed by atoms with Crippen LogP contribution >= 0.6 is 15.9 Å². The lowest BCUT2D eigenvalue weighted by Crippen LogP contribution is -2.34. The van der Waals surface area contributed by atoms with Crippen LogP contribution in [0.5, 0.6) is 0 Å². The molecule has 0 unspecified atom stereocenters. The molecule has 0 aromatic carbocycles. The fraction of sp³-hybridized carbons (Fsp3) is 0.545. The highest BCUT2D eigenvalue weighted by Gasteiger charge is 2.16. The maximum atomic E-state index is 4.14. The van der Waals surface area contributed by atoms with E-state index >= 15 is 0 Å². The lowest BCUT2D eigenvalue weighted by atomic mass is 10.00. The molecule has 0 bridgehead atoms. The molecule has 1 fully saturated rings. The van der Waals surface area contributed by atoms with Gasteiger partial charge in [0.2, 0.25) is 0 Å². The molecule has 1 aromatic rings. The molecular formula is C11H15BrN2. The van der Waals surface area contributed by atoms with Crippen molar-refractivity contribution in [3.05, 3.63) is 22.9 Å². The maximum Gasteiger partial charge on any atom is 0.108 e. The SMILES string of the molecule is C[C@@H]1CCCN(c2ccnc(Br)c2)C1. The molecule has 2 rings (SSSR count). The first-order chi connectivity index (χ1) is 6.75. The van der Waals surface area contributed by atoms with E-state index in [0.717, 1.165) is 10.5 Å². The highest BCUT2D eigenvalue weighted by molar-refractivity contribution is 9.10. The summed E-state index contributed by atoms with van der Waals surface area (Å²) in [7, 11) is 0. The largest absolute Gasteiger partial charge is 0.371 e. The zero-order chi connectivity index (χ0) is 9.97. The summed E-state index contributed by atoms with van der Waals surface area (Å²) in [5.74, 6) is 0.815. The van der Waals surface area contributed by atoms with Gasteiger partial charge in [0, 0.05) is 25.0 Å². The van der Waals surface area contributed by atoms with E-state index in [4.69, 9.17) is 0 Å². The molecule has 1 aromatic heterocycles. The molecule has 2 nitrogen and oxygen atoms in total. The predicted octanol–water partition coefficient (Wildman–Crippen LogP) is 3.08. The minimum Gasteiger partial charge on any atom is -0.371 e. The smallest absolute Gasteiger partial charge is 0.108 e. The van der Waals surface area contributed by atoms with Crippen molar-refractivity contribution >= 4 is 21.6 Å². The Bertz CT molecular complexity index is 314. The van der Waals surface area contributed by atoms with Gasteiger partial charge in [0.15, 0.2) is 0 Å². The number of pyridine rings is 1. The number of hydrogen-bond donors (Lipinski definition) is 0. The van der Waals surface area contributed by atoms with Crippen LogP contribution in [0.4, 0.5) is 5.69 Å².